The van der Waals surface area contributed by atoms with E-state index in [0.29, 0.717) is 5.69 Å². The number of halogens is 1. The summed E-state index contributed by atoms with van der Waals surface area (Å²) in [5.41, 5.74) is 3.58. The first-order valence-corrected chi connectivity index (χ1v) is 8.19. The van der Waals surface area contributed by atoms with Gasteiger partial charge in [-0.1, -0.05) is 24.8 Å². The molecular weight excluding hydrogens is 327 g/mol. The molecule has 1 amide bonds. The SMILES string of the molecule is C=CCOc1cccc(CC(=O)Nc2ccc3ncsc3c2)c1F. The minimum atomic E-state index is -0.521. The van der Waals surface area contributed by atoms with E-state index < -0.39 is 5.82 Å². The highest BCUT2D eigenvalue weighted by Gasteiger charge is 2.13. The number of benzene rings is 2. The fourth-order valence-corrected chi connectivity index (χ4v) is 2.98. The summed E-state index contributed by atoms with van der Waals surface area (Å²) in [7, 11) is 0. The van der Waals surface area contributed by atoms with Crippen molar-refractivity contribution in [3.05, 3.63) is 65.9 Å². The first-order valence-electron chi connectivity index (χ1n) is 7.31. The zero-order chi connectivity index (χ0) is 16.9. The van der Waals surface area contributed by atoms with E-state index in [1.54, 1.807) is 23.7 Å². The van der Waals surface area contributed by atoms with Crippen molar-refractivity contribution in [2.75, 3.05) is 11.9 Å². The molecule has 0 atom stereocenters. The number of rotatable bonds is 6. The van der Waals surface area contributed by atoms with Gasteiger partial charge in [0.05, 0.1) is 22.1 Å². The van der Waals surface area contributed by atoms with Gasteiger partial charge in [-0.3, -0.25) is 4.79 Å². The second-order valence-electron chi connectivity index (χ2n) is 5.09. The predicted molar refractivity (Wildman–Crippen MR) is 94.0 cm³/mol. The van der Waals surface area contributed by atoms with E-state index in [9.17, 15) is 9.18 Å². The van der Waals surface area contributed by atoms with Gasteiger partial charge in [0.15, 0.2) is 11.6 Å². The second-order valence-corrected chi connectivity index (χ2v) is 5.98. The predicted octanol–water partition coefficient (Wildman–Crippen LogP) is 4.18. The largest absolute Gasteiger partial charge is 0.486 e. The number of carbonyl (C=O) groups is 1. The van der Waals surface area contributed by atoms with Gasteiger partial charge in [-0.15, -0.1) is 11.3 Å². The van der Waals surface area contributed by atoms with Gasteiger partial charge < -0.3 is 10.1 Å². The van der Waals surface area contributed by atoms with Gasteiger partial charge in [0.25, 0.3) is 0 Å². The number of ether oxygens (including phenoxy) is 1. The molecule has 24 heavy (non-hydrogen) atoms. The maximum absolute atomic E-state index is 14.3. The molecule has 0 aliphatic rings. The molecule has 1 N–H and O–H groups in total. The zero-order valence-corrected chi connectivity index (χ0v) is 13.6. The van der Waals surface area contributed by atoms with E-state index in [1.165, 1.54) is 23.5 Å². The van der Waals surface area contributed by atoms with Crippen molar-refractivity contribution in [3.63, 3.8) is 0 Å². The van der Waals surface area contributed by atoms with E-state index in [1.807, 2.05) is 12.1 Å². The number of carbonyl (C=O) groups excluding carboxylic acids is 1. The lowest BCUT2D eigenvalue weighted by Gasteiger charge is -2.09. The molecule has 4 nitrogen and oxygen atoms in total. The molecule has 0 radical (unpaired) electrons. The van der Waals surface area contributed by atoms with Gasteiger partial charge in [-0.25, -0.2) is 9.37 Å². The maximum atomic E-state index is 14.3. The van der Waals surface area contributed by atoms with Crippen LogP contribution in [0.3, 0.4) is 0 Å². The number of nitrogens with zero attached hydrogens (tertiary/aromatic N) is 1. The summed E-state index contributed by atoms with van der Waals surface area (Å²) in [6.07, 6.45) is 1.46. The van der Waals surface area contributed by atoms with E-state index in [-0.39, 0.29) is 30.2 Å². The van der Waals surface area contributed by atoms with Gasteiger partial charge in [-0.05, 0) is 24.3 Å². The van der Waals surface area contributed by atoms with Crippen molar-refractivity contribution in [2.24, 2.45) is 0 Å². The smallest absolute Gasteiger partial charge is 0.228 e. The molecule has 0 spiro atoms. The average molecular weight is 342 g/mol. The minimum absolute atomic E-state index is 0.0716. The van der Waals surface area contributed by atoms with Gasteiger partial charge in [-0.2, -0.15) is 0 Å². The number of nitrogens with one attached hydrogen (secondary N) is 1. The number of fused-ring (bicyclic) bond motifs is 1. The van der Waals surface area contributed by atoms with E-state index in [2.05, 4.69) is 16.9 Å². The van der Waals surface area contributed by atoms with Crippen molar-refractivity contribution in [1.29, 1.82) is 0 Å². The van der Waals surface area contributed by atoms with Crippen LogP contribution in [-0.2, 0) is 11.2 Å². The Morgan fingerprint density at radius 1 is 1.38 bits per heavy atom. The zero-order valence-electron chi connectivity index (χ0n) is 12.8. The van der Waals surface area contributed by atoms with Crippen molar-refractivity contribution in [1.82, 2.24) is 4.98 Å². The topological polar surface area (TPSA) is 51.2 Å². The van der Waals surface area contributed by atoms with Crippen LogP contribution in [0.1, 0.15) is 5.56 Å². The summed E-state index contributed by atoms with van der Waals surface area (Å²) >= 11 is 1.50. The quantitative estimate of drug-likeness (QED) is 0.684. The normalized spacial score (nSPS) is 10.5. The molecule has 2 aromatic carbocycles. The number of hydrogen-bond acceptors (Lipinski definition) is 4. The summed E-state index contributed by atoms with van der Waals surface area (Å²) in [6, 6.07) is 10.2. The number of amides is 1. The molecule has 0 bridgehead atoms. The third kappa shape index (κ3) is 3.60. The van der Waals surface area contributed by atoms with E-state index in [0.717, 1.165) is 10.2 Å². The van der Waals surface area contributed by atoms with E-state index in [4.69, 9.17) is 4.74 Å². The van der Waals surface area contributed by atoms with Crippen molar-refractivity contribution in [3.8, 4) is 5.75 Å². The lowest BCUT2D eigenvalue weighted by atomic mass is 10.1. The Bertz CT molecular complexity index is 892. The standard InChI is InChI=1S/C18H15FN2O2S/c1-2-8-23-15-5-3-4-12(18(15)19)9-17(22)21-13-6-7-14-16(10-13)24-11-20-14/h2-7,10-11H,1,8-9H2,(H,21,22). The summed E-state index contributed by atoms with van der Waals surface area (Å²) in [6.45, 7) is 3.74. The van der Waals surface area contributed by atoms with Crippen LogP contribution >= 0.6 is 11.3 Å². The van der Waals surface area contributed by atoms with E-state index >= 15 is 0 Å². The van der Waals surface area contributed by atoms with Crippen LogP contribution in [0.5, 0.6) is 5.75 Å². The molecule has 0 fully saturated rings. The highest BCUT2D eigenvalue weighted by atomic mass is 32.1. The molecular formula is C18H15FN2O2S. The van der Waals surface area contributed by atoms with Crippen LogP contribution in [0.15, 0.2) is 54.6 Å². The average Bonchev–Trinajstić information content (AvgIpc) is 3.03. The number of hydrogen-bond donors (Lipinski definition) is 1. The number of thiazole rings is 1. The van der Waals surface area contributed by atoms with Gasteiger partial charge in [0, 0.05) is 11.3 Å². The van der Waals surface area contributed by atoms with Crippen molar-refractivity contribution in [2.45, 2.75) is 6.42 Å². The van der Waals surface area contributed by atoms with Gasteiger partial charge >= 0.3 is 0 Å². The molecule has 6 heteroatoms. The second kappa shape index (κ2) is 7.23. The highest BCUT2D eigenvalue weighted by Crippen LogP contribution is 2.23. The molecule has 3 aromatic rings. The third-order valence-electron chi connectivity index (χ3n) is 3.37. The van der Waals surface area contributed by atoms with Crippen LogP contribution in [0.2, 0.25) is 0 Å². The van der Waals surface area contributed by atoms with Crippen LogP contribution in [0.4, 0.5) is 10.1 Å². The Hall–Kier alpha value is -2.73. The Morgan fingerprint density at radius 2 is 2.25 bits per heavy atom. The van der Waals surface area contributed by atoms with Crippen molar-refractivity contribution < 1.29 is 13.9 Å². The third-order valence-corrected chi connectivity index (χ3v) is 4.16. The Kier molecular flexibility index (Phi) is 4.86. The molecule has 3 rings (SSSR count). The summed E-state index contributed by atoms with van der Waals surface area (Å²) in [5, 5.41) is 2.78. The monoisotopic (exact) mass is 342 g/mol. The lowest BCUT2D eigenvalue weighted by molar-refractivity contribution is -0.115. The molecule has 122 valence electrons. The Morgan fingerprint density at radius 3 is 3.08 bits per heavy atom. The van der Waals surface area contributed by atoms with Gasteiger partial charge in [0.2, 0.25) is 5.91 Å². The molecule has 0 aliphatic heterocycles. The number of anilines is 1. The van der Waals surface area contributed by atoms with Crippen molar-refractivity contribution >= 4 is 33.1 Å². The molecule has 0 saturated heterocycles. The van der Waals surface area contributed by atoms with Crippen LogP contribution < -0.4 is 10.1 Å². The molecule has 0 unspecified atom stereocenters. The van der Waals surface area contributed by atoms with Crippen LogP contribution in [0, 0.1) is 5.82 Å². The number of aromatic nitrogens is 1. The molecule has 1 heterocycles. The Labute approximate surface area is 142 Å². The van der Waals surface area contributed by atoms with Crippen LogP contribution in [0.25, 0.3) is 10.2 Å². The van der Waals surface area contributed by atoms with Crippen LogP contribution in [-0.4, -0.2) is 17.5 Å². The summed E-state index contributed by atoms with van der Waals surface area (Å²) in [5.74, 6) is -0.697. The maximum Gasteiger partial charge on any atom is 0.228 e. The molecule has 0 aliphatic carbocycles. The molecule has 1 aromatic heterocycles. The first-order chi connectivity index (χ1) is 11.7. The summed E-state index contributed by atoms with van der Waals surface area (Å²) < 4.78 is 20.5. The first kappa shape index (κ1) is 16.1. The fourth-order valence-electron chi connectivity index (χ4n) is 2.26. The summed E-state index contributed by atoms with van der Waals surface area (Å²) in [4.78, 5) is 16.4. The minimum Gasteiger partial charge on any atom is -0.486 e. The molecule has 0 saturated carbocycles. The highest BCUT2D eigenvalue weighted by molar-refractivity contribution is 7.16. The fraction of sp³-hybridized carbons (Fsp3) is 0.111. The Balaban J connectivity index is 1.71. The van der Waals surface area contributed by atoms with Gasteiger partial charge in [0.1, 0.15) is 6.61 Å². The lowest BCUT2D eigenvalue weighted by Crippen LogP contribution is -2.15.